The SMILES string of the molecule is CCO[C@H]1C[C@@H](O)C12CCN(C(=O)c1nc[nH]c1C)CC2. The van der Waals surface area contributed by atoms with Gasteiger partial charge >= 0.3 is 0 Å². The molecule has 1 saturated heterocycles. The molecule has 0 bridgehead atoms. The van der Waals surface area contributed by atoms with Crippen LogP contribution in [0.1, 0.15) is 42.4 Å². The molecule has 1 saturated carbocycles. The molecule has 6 heteroatoms. The molecular weight excluding hydrogens is 270 g/mol. The van der Waals surface area contributed by atoms with Crippen LogP contribution in [0.25, 0.3) is 0 Å². The number of amides is 1. The summed E-state index contributed by atoms with van der Waals surface area (Å²) in [7, 11) is 0. The molecular formula is C15H23N3O3. The number of carbonyl (C=O) groups is 1. The molecule has 3 rings (SSSR count). The van der Waals surface area contributed by atoms with Crippen LogP contribution in [-0.2, 0) is 4.74 Å². The number of carbonyl (C=O) groups excluding carboxylic acids is 1. The monoisotopic (exact) mass is 293 g/mol. The van der Waals surface area contributed by atoms with Gasteiger partial charge in [0.05, 0.1) is 18.5 Å². The van der Waals surface area contributed by atoms with Crippen molar-refractivity contribution in [3.05, 3.63) is 17.7 Å². The molecule has 1 aromatic heterocycles. The van der Waals surface area contributed by atoms with E-state index >= 15 is 0 Å². The smallest absolute Gasteiger partial charge is 0.274 e. The zero-order valence-corrected chi connectivity index (χ0v) is 12.6. The third kappa shape index (κ3) is 2.26. The summed E-state index contributed by atoms with van der Waals surface area (Å²) in [5, 5.41) is 10.2. The lowest BCUT2D eigenvalue weighted by Crippen LogP contribution is -2.62. The van der Waals surface area contributed by atoms with Crippen LogP contribution in [-0.4, -0.2) is 57.8 Å². The summed E-state index contributed by atoms with van der Waals surface area (Å²) < 4.78 is 5.75. The number of imidazole rings is 1. The zero-order valence-electron chi connectivity index (χ0n) is 12.6. The summed E-state index contributed by atoms with van der Waals surface area (Å²) in [5.74, 6) is -0.0228. The van der Waals surface area contributed by atoms with Crippen LogP contribution in [0.2, 0.25) is 0 Å². The number of nitrogens with zero attached hydrogens (tertiary/aromatic N) is 2. The molecule has 21 heavy (non-hydrogen) atoms. The number of ether oxygens (including phenoxy) is 1. The van der Waals surface area contributed by atoms with Crippen molar-refractivity contribution in [2.45, 2.75) is 45.3 Å². The van der Waals surface area contributed by atoms with E-state index in [1.807, 2.05) is 18.7 Å². The molecule has 1 aromatic rings. The van der Waals surface area contributed by atoms with Crippen LogP contribution in [0, 0.1) is 12.3 Å². The lowest BCUT2D eigenvalue weighted by Gasteiger charge is -2.56. The number of hydrogen-bond acceptors (Lipinski definition) is 4. The Bertz CT molecular complexity index is 518. The first kappa shape index (κ1) is 14.5. The molecule has 0 radical (unpaired) electrons. The highest BCUT2D eigenvalue weighted by molar-refractivity contribution is 5.93. The van der Waals surface area contributed by atoms with Gasteiger partial charge in [0.15, 0.2) is 0 Å². The van der Waals surface area contributed by atoms with Gasteiger partial charge in [0.1, 0.15) is 5.69 Å². The number of aryl methyl sites for hydroxylation is 1. The predicted molar refractivity (Wildman–Crippen MR) is 76.9 cm³/mol. The number of likely N-dealkylation sites (tertiary alicyclic amines) is 1. The molecule has 2 fully saturated rings. The second-order valence-corrected chi connectivity index (χ2v) is 6.10. The van der Waals surface area contributed by atoms with E-state index in [2.05, 4.69) is 9.97 Å². The van der Waals surface area contributed by atoms with Gasteiger partial charge in [-0.25, -0.2) is 4.98 Å². The van der Waals surface area contributed by atoms with Crippen LogP contribution in [0.15, 0.2) is 6.33 Å². The van der Waals surface area contributed by atoms with Gasteiger partial charge in [0, 0.05) is 37.2 Å². The van der Waals surface area contributed by atoms with Crippen LogP contribution in [0.3, 0.4) is 0 Å². The van der Waals surface area contributed by atoms with Gasteiger partial charge in [0.25, 0.3) is 5.91 Å². The van der Waals surface area contributed by atoms with Crippen LogP contribution < -0.4 is 0 Å². The Kier molecular flexibility index (Phi) is 3.75. The Morgan fingerprint density at radius 2 is 2.29 bits per heavy atom. The van der Waals surface area contributed by atoms with Crippen molar-refractivity contribution in [3.63, 3.8) is 0 Å². The van der Waals surface area contributed by atoms with E-state index in [9.17, 15) is 9.90 Å². The number of piperidine rings is 1. The number of hydrogen-bond donors (Lipinski definition) is 2. The minimum absolute atomic E-state index is 0.0228. The van der Waals surface area contributed by atoms with E-state index < -0.39 is 0 Å². The third-order valence-corrected chi connectivity index (χ3v) is 5.12. The first-order valence-electron chi connectivity index (χ1n) is 7.67. The normalized spacial score (nSPS) is 27.7. The Hall–Kier alpha value is -1.40. The Morgan fingerprint density at radius 3 is 2.81 bits per heavy atom. The minimum atomic E-state index is -0.293. The average molecular weight is 293 g/mol. The van der Waals surface area contributed by atoms with Crippen molar-refractivity contribution in [2.24, 2.45) is 5.41 Å². The number of aromatic amines is 1. The highest BCUT2D eigenvalue weighted by atomic mass is 16.5. The number of rotatable bonds is 3. The number of H-pyrrole nitrogens is 1. The van der Waals surface area contributed by atoms with Gasteiger partial charge in [-0.1, -0.05) is 0 Å². The molecule has 2 aliphatic rings. The molecule has 2 atom stereocenters. The van der Waals surface area contributed by atoms with E-state index in [4.69, 9.17) is 4.74 Å². The van der Waals surface area contributed by atoms with Crippen molar-refractivity contribution in [1.82, 2.24) is 14.9 Å². The molecule has 0 unspecified atom stereocenters. The highest BCUT2D eigenvalue weighted by Gasteiger charge is 2.56. The Balaban J connectivity index is 1.65. The maximum atomic E-state index is 12.4. The van der Waals surface area contributed by atoms with Gasteiger partial charge in [0.2, 0.25) is 0 Å². The van der Waals surface area contributed by atoms with E-state index in [0.717, 1.165) is 25.0 Å². The standard InChI is InChI=1S/C15H23N3O3/c1-3-21-12-8-11(19)15(12)4-6-18(7-5-15)14(20)13-10(2)16-9-17-13/h9,11-12,19H,3-8H2,1-2H3,(H,16,17)/t11-,12+/m1/s1. The molecule has 6 nitrogen and oxygen atoms in total. The summed E-state index contributed by atoms with van der Waals surface area (Å²) in [5.41, 5.74) is 1.16. The molecule has 0 aromatic carbocycles. The molecule has 1 aliphatic carbocycles. The quantitative estimate of drug-likeness (QED) is 0.875. The van der Waals surface area contributed by atoms with E-state index in [-0.39, 0.29) is 23.5 Å². The number of aliphatic hydroxyl groups excluding tert-OH is 1. The summed E-state index contributed by atoms with van der Waals surface area (Å²) in [6.45, 7) is 5.83. The van der Waals surface area contributed by atoms with Crippen molar-refractivity contribution in [3.8, 4) is 0 Å². The van der Waals surface area contributed by atoms with Gasteiger partial charge in [-0.2, -0.15) is 0 Å². The van der Waals surface area contributed by atoms with Gasteiger partial charge in [-0.05, 0) is 26.7 Å². The first-order chi connectivity index (χ1) is 10.1. The second-order valence-electron chi connectivity index (χ2n) is 6.10. The average Bonchev–Trinajstić information content (AvgIpc) is 2.92. The lowest BCUT2D eigenvalue weighted by atomic mass is 9.58. The van der Waals surface area contributed by atoms with Crippen LogP contribution >= 0.6 is 0 Å². The Labute approximate surface area is 124 Å². The largest absolute Gasteiger partial charge is 0.392 e. The molecule has 2 N–H and O–H groups in total. The van der Waals surface area contributed by atoms with Crippen molar-refractivity contribution in [2.75, 3.05) is 19.7 Å². The number of aromatic nitrogens is 2. The summed E-state index contributed by atoms with van der Waals surface area (Å²) >= 11 is 0. The fraction of sp³-hybridized carbons (Fsp3) is 0.733. The van der Waals surface area contributed by atoms with Crippen LogP contribution in [0.5, 0.6) is 0 Å². The molecule has 1 spiro atoms. The van der Waals surface area contributed by atoms with E-state index in [1.54, 1.807) is 6.33 Å². The lowest BCUT2D eigenvalue weighted by molar-refractivity contribution is -0.207. The van der Waals surface area contributed by atoms with Crippen molar-refractivity contribution in [1.29, 1.82) is 0 Å². The fourth-order valence-electron chi connectivity index (χ4n) is 3.67. The maximum absolute atomic E-state index is 12.4. The van der Waals surface area contributed by atoms with Crippen LogP contribution in [0.4, 0.5) is 0 Å². The third-order valence-electron chi connectivity index (χ3n) is 5.12. The predicted octanol–water partition coefficient (Wildman–Crippen LogP) is 1.11. The topological polar surface area (TPSA) is 78.5 Å². The second kappa shape index (κ2) is 5.42. The maximum Gasteiger partial charge on any atom is 0.274 e. The van der Waals surface area contributed by atoms with Crippen molar-refractivity contribution < 1.29 is 14.6 Å². The molecule has 116 valence electrons. The summed E-state index contributed by atoms with van der Waals surface area (Å²) in [6, 6.07) is 0. The summed E-state index contributed by atoms with van der Waals surface area (Å²) in [4.78, 5) is 21.3. The molecule has 1 amide bonds. The van der Waals surface area contributed by atoms with Crippen molar-refractivity contribution >= 4 is 5.91 Å². The first-order valence-corrected chi connectivity index (χ1v) is 7.67. The number of aliphatic hydroxyl groups is 1. The molecule has 1 aliphatic heterocycles. The van der Waals surface area contributed by atoms with Gasteiger partial charge in [-0.15, -0.1) is 0 Å². The minimum Gasteiger partial charge on any atom is -0.392 e. The number of nitrogens with one attached hydrogen (secondary N) is 1. The van der Waals surface area contributed by atoms with Gasteiger partial charge in [-0.3, -0.25) is 4.79 Å². The van der Waals surface area contributed by atoms with E-state index in [0.29, 0.717) is 25.4 Å². The highest BCUT2D eigenvalue weighted by Crippen LogP contribution is 2.51. The van der Waals surface area contributed by atoms with Gasteiger partial charge < -0.3 is 19.7 Å². The fourth-order valence-corrected chi connectivity index (χ4v) is 3.67. The zero-order chi connectivity index (χ0) is 15.0. The summed E-state index contributed by atoms with van der Waals surface area (Å²) in [6.07, 6.45) is 3.72. The van der Waals surface area contributed by atoms with E-state index in [1.165, 1.54) is 0 Å². The Morgan fingerprint density at radius 1 is 1.57 bits per heavy atom. The molecule has 2 heterocycles.